The highest BCUT2D eigenvalue weighted by Crippen LogP contribution is 2.23. The maximum atomic E-state index is 6.02. The molecule has 0 saturated carbocycles. The molecule has 1 nitrogen and oxygen atoms in total. The van der Waals surface area contributed by atoms with Gasteiger partial charge < -0.3 is 4.74 Å². The second-order valence-corrected chi connectivity index (χ2v) is 5.79. The molecule has 0 aliphatic carbocycles. The van der Waals surface area contributed by atoms with Crippen LogP contribution in [0, 0.1) is 6.92 Å². The molecule has 0 saturated heterocycles. The predicted octanol–water partition coefficient (Wildman–Crippen LogP) is 5.81. The summed E-state index contributed by atoms with van der Waals surface area (Å²) in [4.78, 5) is 0. The van der Waals surface area contributed by atoms with Gasteiger partial charge in [-0.3, -0.25) is 0 Å². The molecule has 0 aliphatic rings. The lowest BCUT2D eigenvalue weighted by Gasteiger charge is -2.18. The van der Waals surface area contributed by atoms with Gasteiger partial charge in [0.25, 0.3) is 0 Å². The molecule has 0 amide bonds. The van der Waals surface area contributed by atoms with Crippen LogP contribution in [-0.4, -0.2) is 11.9 Å². The molecule has 2 heteroatoms. The Kier molecular flexibility index (Phi) is 9.19. The molecule has 0 fully saturated rings. The van der Waals surface area contributed by atoms with Crippen LogP contribution in [0.2, 0.25) is 0 Å². The highest BCUT2D eigenvalue weighted by Gasteiger charge is 2.12. The Bertz CT molecular complexity index is 338. The zero-order chi connectivity index (χ0) is 13.9. The minimum Gasteiger partial charge on any atom is -0.373 e. The molecule has 1 atom stereocenters. The first kappa shape index (κ1) is 16.7. The Morgan fingerprint density at radius 1 is 1.05 bits per heavy atom. The van der Waals surface area contributed by atoms with Crippen LogP contribution in [0.5, 0.6) is 0 Å². The molecule has 0 aliphatic heterocycles. The first-order chi connectivity index (χ1) is 9.29. The van der Waals surface area contributed by atoms with Gasteiger partial charge in [0.15, 0.2) is 0 Å². The highest BCUT2D eigenvalue weighted by molar-refractivity contribution is 9.09. The van der Waals surface area contributed by atoms with Gasteiger partial charge >= 0.3 is 0 Å². The quantitative estimate of drug-likeness (QED) is 0.389. The molecular weight excluding hydrogens is 300 g/mol. The van der Waals surface area contributed by atoms with E-state index in [4.69, 9.17) is 4.74 Å². The van der Waals surface area contributed by atoms with Gasteiger partial charge in [-0.25, -0.2) is 0 Å². The Hall–Kier alpha value is -0.340. The largest absolute Gasteiger partial charge is 0.373 e. The van der Waals surface area contributed by atoms with Crippen molar-refractivity contribution in [3.8, 4) is 0 Å². The van der Waals surface area contributed by atoms with Crippen LogP contribution in [-0.2, 0) is 4.74 Å². The van der Waals surface area contributed by atoms with E-state index in [1.807, 2.05) is 0 Å². The molecule has 0 N–H and O–H groups in total. The van der Waals surface area contributed by atoms with E-state index >= 15 is 0 Å². The minimum absolute atomic E-state index is 0.192. The minimum atomic E-state index is 0.192. The van der Waals surface area contributed by atoms with Gasteiger partial charge in [-0.2, -0.15) is 0 Å². The van der Waals surface area contributed by atoms with E-state index in [0.717, 1.165) is 11.9 Å². The van der Waals surface area contributed by atoms with Gasteiger partial charge in [-0.1, -0.05) is 79.2 Å². The summed E-state index contributed by atoms with van der Waals surface area (Å²) < 4.78 is 6.02. The van der Waals surface area contributed by atoms with Crippen molar-refractivity contribution in [3.05, 3.63) is 35.4 Å². The van der Waals surface area contributed by atoms with E-state index < -0.39 is 0 Å². The van der Waals surface area contributed by atoms with Crippen molar-refractivity contribution in [1.82, 2.24) is 0 Å². The number of benzene rings is 1. The van der Waals surface area contributed by atoms with Crippen molar-refractivity contribution in [2.24, 2.45) is 0 Å². The van der Waals surface area contributed by atoms with Crippen LogP contribution in [0.4, 0.5) is 0 Å². The van der Waals surface area contributed by atoms with Crippen molar-refractivity contribution in [2.75, 3.05) is 11.9 Å². The monoisotopic (exact) mass is 326 g/mol. The normalized spacial score (nSPS) is 12.6. The number of hydrogen-bond acceptors (Lipinski definition) is 1. The molecule has 1 aromatic carbocycles. The van der Waals surface area contributed by atoms with Crippen molar-refractivity contribution >= 4 is 15.9 Å². The number of unbranched alkanes of at least 4 members (excludes halogenated alkanes) is 5. The fraction of sp³-hybridized carbons (Fsp3) is 0.647. The summed E-state index contributed by atoms with van der Waals surface area (Å²) in [6.45, 7) is 5.28. The Labute approximate surface area is 126 Å². The fourth-order valence-corrected chi connectivity index (χ4v) is 2.81. The molecule has 19 heavy (non-hydrogen) atoms. The lowest BCUT2D eigenvalue weighted by atomic mass is 10.0. The van der Waals surface area contributed by atoms with Gasteiger partial charge in [0.1, 0.15) is 0 Å². The van der Waals surface area contributed by atoms with Gasteiger partial charge in [-0.15, -0.1) is 0 Å². The summed E-state index contributed by atoms with van der Waals surface area (Å²) >= 11 is 3.57. The van der Waals surface area contributed by atoms with Crippen LogP contribution < -0.4 is 0 Å². The molecule has 1 aromatic rings. The number of hydrogen-bond donors (Lipinski definition) is 0. The SMILES string of the molecule is CCCCCCCCOC(CBr)c1ccccc1C. The molecule has 108 valence electrons. The van der Waals surface area contributed by atoms with Gasteiger partial charge in [0.05, 0.1) is 6.10 Å². The topological polar surface area (TPSA) is 9.23 Å². The molecule has 1 rings (SSSR count). The average Bonchev–Trinajstić information content (AvgIpc) is 2.43. The summed E-state index contributed by atoms with van der Waals surface area (Å²) in [5.74, 6) is 0. The number of ether oxygens (including phenoxy) is 1. The number of aryl methyl sites for hydroxylation is 1. The van der Waals surface area contributed by atoms with Gasteiger partial charge in [0, 0.05) is 11.9 Å². The van der Waals surface area contributed by atoms with Crippen molar-refractivity contribution in [3.63, 3.8) is 0 Å². The maximum absolute atomic E-state index is 6.02. The zero-order valence-corrected chi connectivity index (χ0v) is 13.9. The molecule has 0 heterocycles. The van der Waals surface area contributed by atoms with E-state index in [9.17, 15) is 0 Å². The second kappa shape index (κ2) is 10.4. The van der Waals surface area contributed by atoms with E-state index in [1.54, 1.807) is 0 Å². The highest BCUT2D eigenvalue weighted by atomic mass is 79.9. The average molecular weight is 327 g/mol. The standard InChI is InChI=1S/C17H27BrO/c1-3-4-5-6-7-10-13-19-17(14-18)16-12-9-8-11-15(16)2/h8-9,11-12,17H,3-7,10,13-14H2,1-2H3. The molecule has 0 bridgehead atoms. The van der Waals surface area contributed by atoms with E-state index in [-0.39, 0.29) is 6.10 Å². The third-order valence-corrected chi connectivity index (χ3v) is 4.08. The van der Waals surface area contributed by atoms with Crippen LogP contribution in [0.25, 0.3) is 0 Å². The van der Waals surface area contributed by atoms with Crippen molar-refractivity contribution < 1.29 is 4.74 Å². The van der Waals surface area contributed by atoms with Crippen LogP contribution in [0.3, 0.4) is 0 Å². The maximum Gasteiger partial charge on any atom is 0.0924 e. The van der Waals surface area contributed by atoms with Crippen molar-refractivity contribution in [2.45, 2.75) is 58.5 Å². The summed E-state index contributed by atoms with van der Waals surface area (Å²) in [5.41, 5.74) is 2.63. The summed E-state index contributed by atoms with van der Waals surface area (Å²) in [6, 6.07) is 8.49. The third kappa shape index (κ3) is 6.58. The number of alkyl halides is 1. The Balaban J connectivity index is 2.24. The molecule has 0 spiro atoms. The van der Waals surface area contributed by atoms with Crippen molar-refractivity contribution in [1.29, 1.82) is 0 Å². The van der Waals surface area contributed by atoms with E-state index in [1.165, 1.54) is 49.7 Å². The van der Waals surface area contributed by atoms with E-state index in [2.05, 4.69) is 54.0 Å². The van der Waals surface area contributed by atoms with Gasteiger partial charge in [0.2, 0.25) is 0 Å². The zero-order valence-electron chi connectivity index (χ0n) is 12.3. The number of rotatable bonds is 10. The van der Waals surface area contributed by atoms with Crippen LogP contribution >= 0.6 is 15.9 Å². The lowest BCUT2D eigenvalue weighted by molar-refractivity contribution is 0.0663. The van der Waals surface area contributed by atoms with Gasteiger partial charge in [-0.05, 0) is 24.5 Å². The number of halogens is 1. The summed E-state index contributed by atoms with van der Waals surface area (Å²) in [6.07, 6.45) is 8.07. The van der Waals surface area contributed by atoms with Crippen LogP contribution in [0.1, 0.15) is 62.7 Å². The lowest BCUT2D eigenvalue weighted by Crippen LogP contribution is -2.08. The smallest absolute Gasteiger partial charge is 0.0924 e. The molecule has 1 unspecified atom stereocenters. The second-order valence-electron chi connectivity index (χ2n) is 5.14. The first-order valence-corrected chi connectivity index (χ1v) is 8.64. The van der Waals surface area contributed by atoms with E-state index in [0.29, 0.717) is 0 Å². The fourth-order valence-electron chi connectivity index (χ4n) is 2.27. The summed E-state index contributed by atoms with van der Waals surface area (Å²) in [7, 11) is 0. The summed E-state index contributed by atoms with van der Waals surface area (Å²) in [5, 5.41) is 0.869. The molecule has 0 aromatic heterocycles. The Morgan fingerprint density at radius 3 is 2.42 bits per heavy atom. The predicted molar refractivity (Wildman–Crippen MR) is 87.0 cm³/mol. The van der Waals surface area contributed by atoms with Crippen LogP contribution in [0.15, 0.2) is 24.3 Å². The Morgan fingerprint density at radius 2 is 1.74 bits per heavy atom. The molecular formula is C17H27BrO. The molecule has 0 radical (unpaired) electrons. The first-order valence-electron chi connectivity index (χ1n) is 7.52. The third-order valence-electron chi connectivity index (χ3n) is 3.49.